The van der Waals surface area contributed by atoms with Gasteiger partial charge in [-0.05, 0) is 17.5 Å². The van der Waals surface area contributed by atoms with Crippen molar-refractivity contribution in [3.63, 3.8) is 0 Å². The third kappa shape index (κ3) is 1.79. The Labute approximate surface area is 106 Å². The van der Waals surface area contributed by atoms with Crippen molar-refractivity contribution in [3.8, 4) is 0 Å². The Kier molecular flexibility index (Phi) is 3.07. The number of nitrogens with one attached hydrogen (secondary N) is 1. The molecule has 2 nitrogen and oxygen atoms in total. The Bertz CT molecular complexity index is 655. The Morgan fingerprint density at radius 2 is 1.82 bits per heavy atom. The first-order valence-corrected chi connectivity index (χ1v) is 5.61. The van der Waals surface area contributed by atoms with Crippen LogP contribution in [0.5, 0.6) is 0 Å². The molecule has 0 unspecified atom stereocenters. The van der Waals surface area contributed by atoms with Crippen molar-refractivity contribution in [2.45, 2.75) is 19.8 Å². The molecule has 0 atom stereocenters. The minimum Gasteiger partial charge on any atom is -0.353 e. The van der Waals surface area contributed by atoms with Crippen LogP contribution >= 0.6 is 12.4 Å². The first kappa shape index (κ1) is 11.9. The topological polar surface area (TPSA) is 28.7 Å². The molecule has 88 valence electrons. The molecule has 0 aliphatic rings. The average molecular weight is 247 g/mol. The average Bonchev–Trinajstić information content (AvgIpc) is 2.66. The zero-order valence-electron chi connectivity index (χ0n) is 9.90. The second kappa shape index (κ2) is 4.38. The fourth-order valence-corrected chi connectivity index (χ4v) is 2.27. The number of fused-ring (bicyclic) bond motifs is 3. The van der Waals surface area contributed by atoms with Crippen molar-refractivity contribution in [3.05, 3.63) is 42.2 Å². The zero-order valence-corrected chi connectivity index (χ0v) is 10.7. The minimum absolute atomic E-state index is 0. The van der Waals surface area contributed by atoms with Gasteiger partial charge >= 0.3 is 0 Å². The number of nitrogens with zero attached hydrogens (tertiary/aromatic N) is 1. The molecule has 0 spiro atoms. The maximum absolute atomic E-state index is 4.30. The highest BCUT2D eigenvalue weighted by Gasteiger charge is 2.10. The Balaban J connectivity index is 0.00000108. The molecule has 0 aliphatic heterocycles. The molecular formula is C14H15ClN2. The molecule has 3 heteroatoms. The predicted octanol–water partition coefficient (Wildman–Crippen LogP) is 4.26. The number of para-hydroxylation sites is 1. The van der Waals surface area contributed by atoms with E-state index in [1.54, 1.807) is 0 Å². The van der Waals surface area contributed by atoms with Crippen LogP contribution in [-0.2, 0) is 0 Å². The van der Waals surface area contributed by atoms with Crippen molar-refractivity contribution in [1.82, 2.24) is 9.97 Å². The molecule has 17 heavy (non-hydrogen) atoms. The van der Waals surface area contributed by atoms with E-state index in [9.17, 15) is 0 Å². The second-order valence-corrected chi connectivity index (χ2v) is 4.48. The normalized spacial score (nSPS) is 11.0. The highest BCUT2D eigenvalue weighted by molar-refractivity contribution is 6.08. The van der Waals surface area contributed by atoms with E-state index in [-0.39, 0.29) is 12.4 Å². The number of aromatic nitrogens is 2. The number of hydrogen-bond donors (Lipinski definition) is 1. The SMILES string of the molecule is CC(C)c1cncc2[nH]c3ccccc3c12.Cl. The maximum Gasteiger partial charge on any atom is 0.0654 e. The molecule has 0 radical (unpaired) electrons. The van der Waals surface area contributed by atoms with Gasteiger partial charge in [0.15, 0.2) is 0 Å². The van der Waals surface area contributed by atoms with Gasteiger partial charge in [0, 0.05) is 22.5 Å². The molecule has 1 aromatic carbocycles. The lowest BCUT2D eigenvalue weighted by molar-refractivity contribution is 0.869. The van der Waals surface area contributed by atoms with Gasteiger partial charge in [-0.25, -0.2) is 0 Å². The fourth-order valence-electron chi connectivity index (χ4n) is 2.27. The van der Waals surface area contributed by atoms with Gasteiger partial charge < -0.3 is 4.98 Å². The molecule has 2 heterocycles. The Morgan fingerprint density at radius 3 is 2.59 bits per heavy atom. The summed E-state index contributed by atoms with van der Waals surface area (Å²) >= 11 is 0. The molecule has 0 saturated heterocycles. The first-order chi connectivity index (χ1) is 7.77. The van der Waals surface area contributed by atoms with E-state index in [2.05, 4.69) is 48.1 Å². The van der Waals surface area contributed by atoms with Gasteiger partial charge in [0.2, 0.25) is 0 Å². The largest absolute Gasteiger partial charge is 0.353 e. The van der Waals surface area contributed by atoms with Gasteiger partial charge in [0.05, 0.1) is 11.7 Å². The van der Waals surface area contributed by atoms with Crippen LogP contribution < -0.4 is 0 Å². The molecular weight excluding hydrogens is 232 g/mol. The highest BCUT2D eigenvalue weighted by Crippen LogP contribution is 2.30. The highest BCUT2D eigenvalue weighted by atomic mass is 35.5. The summed E-state index contributed by atoms with van der Waals surface area (Å²) in [6.45, 7) is 4.41. The smallest absolute Gasteiger partial charge is 0.0654 e. The van der Waals surface area contributed by atoms with Crippen molar-refractivity contribution in [2.75, 3.05) is 0 Å². The zero-order chi connectivity index (χ0) is 11.1. The van der Waals surface area contributed by atoms with Gasteiger partial charge in [-0.2, -0.15) is 0 Å². The second-order valence-electron chi connectivity index (χ2n) is 4.48. The molecule has 0 fully saturated rings. The number of rotatable bonds is 1. The van der Waals surface area contributed by atoms with E-state index in [4.69, 9.17) is 0 Å². The third-order valence-electron chi connectivity index (χ3n) is 3.06. The quantitative estimate of drug-likeness (QED) is 0.683. The summed E-state index contributed by atoms with van der Waals surface area (Å²) in [7, 11) is 0. The van der Waals surface area contributed by atoms with Crippen molar-refractivity contribution in [1.29, 1.82) is 0 Å². The summed E-state index contributed by atoms with van der Waals surface area (Å²) in [5.41, 5.74) is 3.63. The lowest BCUT2D eigenvalue weighted by Crippen LogP contribution is -1.89. The third-order valence-corrected chi connectivity index (χ3v) is 3.06. The van der Waals surface area contributed by atoms with Crippen molar-refractivity contribution >= 4 is 34.2 Å². The fraction of sp³-hybridized carbons (Fsp3) is 0.214. The van der Waals surface area contributed by atoms with Crippen LogP contribution in [0.1, 0.15) is 25.3 Å². The van der Waals surface area contributed by atoms with E-state index >= 15 is 0 Å². The van der Waals surface area contributed by atoms with Gasteiger partial charge in [0.1, 0.15) is 0 Å². The Hall–Kier alpha value is -1.54. The number of H-pyrrole nitrogens is 1. The van der Waals surface area contributed by atoms with E-state index in [0.29, 0.717) is 5.92 Å². The molecule has 3 aromatic rings. The van der Waals surface area contributed by atoms with Gasteiger partial charge in [-0.15, -0.1) is 12.4 Å². The van der Waals surface area contributed by atoms with E-state index in [0.717, 1.165) is 5.52 Å². The predicted molar refractivity (Wildman–Crippen MR) is 74.9 cm³/mol. The summed E-state index contributed by atoms with van der Waals surface area (Å²) in [6, 6.07) is 8.42. The number of benzene rings is 1. The maximum atomic E-state index is 4.30. The van der Waals surface area contributed by atoms with Gasteiger partial charge in [0.25, 0.3) is 0 Å². The number of halogens is 1. The van der Waals surface area contributed by atoms with Crippen molar-refractivity contribution in [2.24, 2.45) is 0 Å². The standard InChI is InChI=1S/C14H14N2.ClH/c1-9(2)11-7-15-8-13-14(11)10-5-3-4-6-12(10)16-13;/h3-9,16H,1-2H3;1H. The summed E-state index contributed by atoms with van der Waals surface area (Å²) in [5, 5.41) is 2.62. The summed E-state index contributed by atoms with van der Waals surface area (Å²) in [4.78, 5) is 7.71. The van der Waals surface area contributed by atoms with Gasteiger partial charge in [-0.1, -0.05) is 32.0 Å². The lowest BCUT2D eigenvalue weighted by atomic mass is 10.00. The van der Waals surface area contributed by atoms with Crippen LogP contribution in [0.2, 0.25) is 0 Å². The van der Waals surface area contributed by atoms with Crippen LogP contribution in [0, 0.1) is 0 Å². The van der Waals surface area contributed by atoms with E-state index in [1.165, 1.54) is 21.9 Å². The molecule has 0 saturated carbocycles. The summed E-state index contributed by atoms with van der Waals surface area (Å²) in [6.07, 6.45) is 3.88. The number of pyridine rings is 1. The molecule has 0 bridgehead atoms. The van der Waals surface area contributed by atoms with E-state index < -0.39 is 0 Å². The van der Waals surface area contributed by atoms with Crippen LogP contribution in [0.4, 0.5) is 0 Å². The lowest BCUT2D eigenvalue weighted by Gasteiger charge is -2.06. The number of aromatic amines is 1. The van der Waals surface area contributed by atoms with Gasteiger partial charge in [-0.3, -0.25) is 4.98 Å². The number of hydrogen-bond acceptors (Lipinski definition) is 1. The van der Waals surface area contributed by atoms with Crippen LogP contribution in [0.3, 0.4) is 0 Å². The van der Waals surface area contributed by atoms with Crippen LogP contribution in [0.25, 0.3) is 21.8 Å². The van der Waals surface area contributed by atoms with Crippen LogP contribution in [-0.4, -0.2) is 9.97 Å². The van der Waals surface area contributed by atoms with Crippen LogP contribution in [0.15, 0.2) is 36.7 Å². The monoisotopic (exact) mass is 246 g/mol. The summed E-state index contributed by atoms with van der Waals surface area (Å²) < 4.78 is 0. The molecule has 0 aliphatic carbocycles. The minimum atomic E-state index is 0. The summed E-state index contributed by atoms with van der Waals surface area (Å²) in [5.74, 6) is 0.496. The molecule has 3 rings (SSSR count). The first-order valence-electron chi connectivity index (χ1n) is 5.61. The Morgan fingerprint density at radius 1 is 1.06 bits per heavy atom. The molecule has 1 N–H and O–H groups in total. The van der Waals surface area contributed by atoms with Crippen molar-refractivity contribution < 1.29 is 0 Å². The molecule has 0 amide bonds. The van der Waals surface area contributed by atoms with E-state index in [1.807, 2.05) is 12.4 Å². The molecule has 2 aromatic heterocycles.